The Labute approximate surface area is 208 Å². The molecule has 4 rings (SSSR count). The molecule has 0 radical (unpaired) electrons. The fraction of sp³-hybridized carbons (Fsp3) is 0.214. The second-order valence-electron chi connectivity index (χ2n) is 8.50. The van der Waals surface area contributed by atoms with Crippen molar-refractivity contribution < 1.29 is 14.0 Å². The summed E-state index contributed by atoms with van der Waals surface area (Å²) in [7, 11) is 0. The number of anilines is 2. The zero-order valence-electron chi connectivity index (χ0n) is 20.3. The number of nitrogens with one attached hydrogen (secondary N) is 2. The number of halogens is 1. The Kier molecular flexibility index (Phi) is 7.24. The normalized spacial score (nSPS) is 11.8. The summed E-state index contributed by atoms with van der Waals surface area (Å²) in [6.45, 7) is 5.45. The van der Waals surface area contributed by atoms with Crippen LogP contribution in [0.15, 0.2) is 71.5 Å². The SMILES string of the molecule is CCC(=O)Nc1ccc(C)cc1-c1nc2ccccc2n(C(CC)C(=O)Nc2ccc(F)cc2)c1=O. The van der Waals surface area contributed by atoms with E-state index in [1.807, 2.05) is 26.0 Å². The van der Waals surface area contributed by atoms with E-state index in [9.17, 15) is 18.8 Å². The van der Waals surface area contributed by atoms with Gasteiger partial charge < -0.3 is 10.6 Å². The summed E-state index contributed by atoms with van der Waals surface area (Å²) in [6, 6.07) is 17.1. The average Bonchev–Trinajstić information content (AvgIpc) is 2.88. The molecule has 3 aromatic carbocycles. The number of nitrogens with zero attached hydrogens (tertiary/aromatic N) is 2. The minimum absolute atomic E-state index is 0.136. The molecule has 1 atom stereocenters. The highest BCUT2D eigenvalue weighted by atomic mass is 19.1. The van der Waals surface area contributed by atoms with Crippen LogP contribution in [0.5, 0.6) is 0 Å². The van der Waals surface area contributed by atoms with Gasteiger partial charge in [-0.25, -0.2) is 9.37 Å². The van der Waals surface area contributed by atoms with Gasteiger partial charge in [0, 0.05) is 17.7 Å². The maximum Gasteiger partial charge on any atom is 0.278 e. The number of fused-ring (bicyclic) bond motifs is 1. The average molecular weight is 487 g/mol. The van der Waals surface area contributed by atoms with Crippen molar-refractivity contribution >= 4 is 34.2 Å². The van der Waals surface area contributed by atoms with Crippen LogP contribution >= 0.6 is 0 Å². The summed E-state index contributed by atoms with van der Waals surface area (Å²) < 4.78 is 14.8. The summed E-state index contributed by atoms with van der Waals surface area (Å²) in [6.07, 6.45) is 0.609. The van der Waals surface area contributed by atoms with Crippen molar-refractivity contribution in [2.75, 3.05) is 10.6 Å². The molecule has 36 heavy (non-hydrogen) atoms. The monoisotopic (exact) mass is 486 g/mol. The van der Waals surface area contributed by atoms with Gasteiger partial charge >= 0.3 is 0 Å². The fourth-order valence-electron chi connectivity index (χ4n) is 4.08. The molecular weight excluding hydrogens is 459 g/mol. The van der Waals surface area contributed by atoms with Gasteiger partial charge in [-0.3, -0.25) is 19.0 Å². The molecule has 0 saturated carbocycles. The van der Waals surface area contributed by atoms with Crippen LogP contribution in [0.3, 0.4) is 0 Å². The van der Waals surface area contributed by atoms with E-state index >= 15 is 0 Å². The molecule has 0 fully saturated rings. The van der Waals surface area contributed by atoms with Crippen molar-refractivity contribution in [2.45, 2.75) is 39.7 Å². The van der Waals surface area contributed by atoms with Crippen molar-refractivity contribution in [3.8, 4) is 11.3 Å². The molecule has 2 amide bonds. The molecule has 0 aliphatic carbocycles. The Morgan fingerprint density at radius 1 is 1.00 bits per heavy atom. The smallest absolute Gasteiger partial charge is 0.278 e. The van der Waals surface area contributed by atoms with Gasteiger partial charge in [-0.2, -0.15) is 0 Å². The highest BCUT2D eigenvalue weighted by Gasteiger charge is 2.25. The first kappa shape index (κ1) is 24.8. The lowest BCUT2D eigenvalue weighted by Crippen LogP contribution is -2.34. The second kappa shape index (κ2) is 10.5. The molecule has 1 unspecified atom stereocenters. The number of carbonyl (C=O) groups is 2. The minimum atomic E-state index is -0.854. The van der Waals surface area contributed by atoms with Gasteiger partial charge in [0.1, 0.15) is 17.6 Å². The first-order valence-electron chi connectivity index (χ1n) is 11.8. The number of para-hydroxylation sites is 2. The summed E-state index contributed by atoms with van der Waals surface area (Å²) in [4.78, 5) is 44.1. The Bertz CT molecular complexity index is 1500. The fourth-order valence-corrected chi connectivity index (χ4v) is 4.08. The lowest BCUT2D eigenvalue weighted by molar-refractivity contribution is -0.119. The molecule has 0 bridgehead atoms. The predicted octanol–water partition coefficient (Wildman–Crippen LogP) is 5.45. The van der Waals surface area contributed by atoms with E-state index in [1.165, 1.54) is 28.8 Å². The minimum Gasteiger partial charge on any atom is -0.325 e. The number of aryl methyl sites for hydroxylation is 1. The van der Waals surface area contributed by atoms with Crippen molar-refractivity contribution in [2.24, 2.45) is 0 Å². The van der Waals surface area contributed by atoms with Gasteiger partial charge in [0.25, 0.3) is 5.56 Å². The molecule has 0 saturated heterocycles. The van der Waals surface area contributed by atoms with Crippen molar-refractivity contribution in [3.63, 3.8) is 0 Å². The van der Waals surface area contributed by atoms with Crippen LogP contribution in [0.1, 0.15) is 38.3 Å². The van der Waals surface area contributed by atoms with Gasteiger partial charge in [-0.15, -0.1) is 0 Å². The first-order valence-corrected chi connectivity index (χ1v) is 11.8. The van der Waals surface area contributed by atoms with E-state index in [4.69, 9.17) is 0 Å². The summed E-state index contributed by atoms with van der Waals surface area (Å²) in [5.41, 5.74) is 3.01. The standard InChI is InChI=1S/C28H27FN4O3/c1-4-23(27(35)30-19-13-11-18(29)12-14-19)33-24-9-7-6-8-22(24)32-26(28(33)36)20-16-17(3)10-15-21(20)31-25(34)5-2/h6-16,23H,4-5H2,1-3H3,(H,30,35)(H,31,34). The van der Waals surface area contributed by atoms with Crippen molar-refractivity contribution in [3.05, 3.63) is 88.5 Å². The number of hydrogen-bond acceptors (Lipinski definition) is 4. The molecule has 7 nitrogen and oxygen atoms in total. The van der Waals surface area contributed by atoms with E-state index in [0.29, 0.717) is 34.4 Å². The third-order valence-electron chi connectivity index (χ3n) is 5.93. The number of amides is 2. The maximum atomic E-state index is 14.0. The molecule has 0 aliphatic rings. The number of carbonyl (C=O) groups excluding carboxylic acids is 2. The van der Waals surface area contributed by atoms with E-state index in [0.717, 1.165) is 5.56 Å². The van der Waals surface area contributed by atoms with Crippen LogP contribution < -0.4 is 16.2 Å². The predicted molar refractivity (Wildman–Crippen MR) is 139 cm³/mol. The van der Waals surface area contributed by atoms with Crippen molar-refractivity contribution in [1.29, 1.82) is 0 Å². The van der Waals surface area contributed by atoms with E-state index < -0.39 is 23.3 Å². The molecule has 4 aromatic rings. The van der Waals surface area contributed by atoms with Gasteiger partial charge in [-0.1, -0.05) is 37.6 Å². The van der Waals surface area contributed by atoms with E-state index in [1.54, 1.807) is 37.3 Å². The van der Waals surface area contributed by atoms with Gasteiger partial charge in [0.05, 0.1) is 16.7 Å². The highest BCUT2D eigenvalue weighted by molar-refractivity contribution is 5.96. The Hall–Kier alpha value is -4.33. The lowest BCUT2D eigenvalue weighted by Gasteiger charge is -2.21. The maximum absolute atomic E-state index is 14.0. The molecule has 2 N–H and O–H groups in total. The zero-order chi connectivity index (χ0) is 25.8. The molecule has 184 valence electrons. The van der Waals surface area contributed by atoms with Crippen LogP contribution in [-0.4, -0.2) is 21.4 Å². The van der Waals surface area contributed by atoms with Crippen molar-refractivity contribution in [1.82, 2.24) is 9.55 Å². The first-order chi connectivity index (χ1) is 17.3. The third-order valence-corrected chi connectivity index (χ3v) is 5.93. The van der Waals surface area contributed by atoms with E-state index in [2.05, 4.69) is 15.6 Å². The second-order valence-corrected chi connectivity index (χ2v) is 8.50. The lowest BCUT2D eigenvalue weighted by atomic mass is 10.0. The number of benzene rings is 3. The van der Waals surface area contributed by atoms with Crippen LogP contribution in [0.4, 0.5) is 15.8 Å². The molecule has 1 heterocycles. The highest BCUT2D eigenvalue weighted by Crippen LogP contribution is 2.29. The Morgan fingerprint density at radius 2 is 1.72 bits per heavy atom. The van der Waals surface area contributed by atoms with Gasteiger partial charge in [-0.05, 0) is 61.9 Å². The molecule has 8 heteroatoms. The number of rotatable bonds is 7. The number of aromatic nitrogens is 2. The van der Waals surface area contributed by atoms with E-state index in [-0.39, 0.29) is 18.0 Å². The van der Waals surface area contributed by atoms with Crippen LogP contribution in [0.2, 0.25) is 0 Å². The van der Waals surface area contributed by atoms with Crippen LogP contribution in [0, 0.1) is 12.7 Å². The quantitative estimate of drug-likeness (QED) is 0.363. The molecule has 1 aromatic heterocycles. The van der Waals surface area contributed by atoms with Crippen LogP contribution in [-0.2, 0) is 9.59 Å². The molecular formula is C28H27FN4O3. The summed E-state index contributed by atoms with van der Waals surface area (Å²) in [5.74, 6) is -1.01. The van der Waals surface area contributed by atoms with Crippen LogP contribution in [0.25, 0.3) is 22.3 Å². The Morgan fingerprint density at radius 3 is 2.42 bits per heavy atom. The molecule has 0 aliphatic heterocycles. The third kappa shape index (κ3) is 5.02. The topological polar surface area (TPSA) is 93.1 Å². The number of hydrogen-bond donors (Lipinski definition) is 2. The van der Waals surface area contributed by atoms with Gasteiger partial charge in [0.15, 0.2) is 0 Å². The molecule has 0 spiro atoms. The van der Waals surface area contributed by atoms with Gasteiger partial charge in [0.2, 0.25) is 11.8 Å². The zero-order valence-corrected chi connectivity index (χ0v) is 20.3. The summed E-state index contributed by atoms with van der Waals surface area (Å²) >= 11 is 0. The summed E-state index contributed by atoms with van der Waals surface area (Å²) in [5, 5.41) is 5.63. The largest absolute Gasteiger partial charge is 0.325 e. The Balaban J connectivity index is 1.89.